The number of hydrogen-bond acceptors (Lipinski definition) is 4. The zero-order chi connectivity index (χ0) is 32.9. The minimum absolute atomic E-state index is 0.00624. The summed E-state index contributed by atoms with van der Waals surface area (Å²) in [5, 5.41) is 0. The van der Waals surface area contributed by atoms with Gasteiger partial charge in [-0.05, 0) is 141 Å². The zero-order valence-corrected chi connectivity index (χ0v) is 30.6. The minimum atomic E-state index is -0.128. The maximum atomic E-state index is 12.3. The maximum Gasteiger partial charge on any atom is 0.302 e. The Labute approximate surface area is 280 Å². The molecule has 10 atom stereocenters. The van der Waals surface area contributed by atoms with Crippen LogP contribution >= 0.6 is 0 Å². The van der Waals surface area contributed by atoms with Gasteiger partial charge in [0.1, 0.15) is 12.6 Å². The van der Waals surface area contributed by atoms with Gasteiger partial charge in [0.2, 0.25) is 0 Å². The predicted molar refractivity (Wildman–Crippen MR) is 183 cm³/mol. The molecule has 3 saturated heterocycles. The summed E-state index contributed by atoms with van der Waals surface area (Å²) in [6.45, 7) is 26.9. The van der Waals surface area contributed by atoms with Crippen molar-refractivity contribution >= 4 is 11.9 Å². The van der Waals surface area contributed by atoms with Crippen molar-refractivity contribution in [1.82, 2.24) is 0 Å². The second kappa shape index (κ2) is 11.1. The average molecular weight is 637 g/mol. The normalized spacial score (nSPS) is 50.4. The van der Waals surface area contributed by atoms with Crippen molar-refractivity contribution in [2.24, 2.45) is 62.6 Å². The first-order valence-electron chi connectivity index (χ1n) is 19.4. The first kappa shape index (κ1) is 33.2. The third-order valence-electron chi connectivity index (χ3n) is 17.5. The van der Waals surface area contributed by atoms with Gasteiger partial charge in [0.15, 0.2) is 0 Å². The molecule has 3 heterocycles. The van der Waals surface area contributed by atoms with E-state index in [1.165, 1.54) is 113 Å². The lowest BCUT2D eigenvalue weighted by molar-refractivity contribution is -0.938. The van der Waals surface area contributed by atoms with Gasteiger partial charge in [0.05, 0.1) is 26.2 Å². The third kappa shape index (κ3) is 4.76. The molecule has 258 valence electrons. The van der Waals surface area contributed by atoms with E-state index in [0.717, 1.165) is 12.3 Å². The molecule has 8 fully saturated rings. The lowest BCUT2D eigenvalue weighted by Gasteiger charge is -2.73. The molecule has 0 aromatic rings. The van der Waals surface area contributed by atoms with Crippen LogP contribution in [-0.2, 0) is 19.1 Å². The SMILES string of the molecule is C=C(C[N+]12CCC(CC1)CC2)C1CC[C@]2(COC(C)=O)CC[C@]3(C)C(CCC4[C@@]5(C)CC[C@H](OC(C)=O)C(C)(C)C5CC[C@]43C)C12. The van der Waals surface area contributed by atoms with Gasteiger partial charge in [-0.1, -0.05) is 41.2 Å². The molecular weight excluding hydrogens is 570 g/mol. The summed E-state index contributed by atoms with van der Waals surface area (Å²) in [5.41, 5.74) is 2.45. The van der Waals surface area contributed by atoms with Crippen LogP contribution in [0.2, 0.25) is 0 Å². The topological polar surface area (TPSA) is 52.6 Å². The van der Waals surface area contributed by atoms with Crippen molar-refractivity contribution in [2.75, 3.05) is 32.8 Å². The van der Waals surface area contributed by atoms with Crippen molar-refractivity contribution in [2.45, 2.75) is 138 Å². The Morgan fingerprint density at radius 1 is 0.739 bits per heavy atom. The highest BCUT2D eigenvalue weighted by Crippen LogP contribution is 2.77. The van der Waals surface area contributed by atoms with Crippen LogP contribution in [-0.4, -0.2) is 55.3 Å². The number of carbonyl (C=O) groups excluding carboxylic acids is 2. The third-order valence-corrected chi connectivity index (χ3v) is 17.5. The summed E-state index contributed by atoms with van der Waals surface area (Å²) >= 11 is 0. The number of esters is 2. The average Bonchev–Trinajstić information content (AvgIpc) is 3.39. The van der Waals surface area contributed by atoms with E-state index in [1.807, 2.05) is 0 Å². The van der Waals surface area contributed by atoms with Gasteiger partial charge in [0, 0.05) is 24.7 Å². The number of ether oxygens (including phenoxy) is 2. The Hall–Kier alpha value is -1.36. The summed E-state index contributed by atoms with van der Waals surface area (Å²) in [6.07, 6.45) is 16.4. The molecule has 8 rings (SSSR count). The highest BCUT2D eigenvalue weighted by atomic mass is 16.5. The van der Waals surface area contributed by atoms with Gasteiger partial charge in [0.25, 0.3) is 0 Å². The Bertz CT molecular complexity index is 1230. The monoisotopic (exact) mass is 636 g/mol. The molecule has 46 heavy (non-hydrogen) atoms. The van der Waals surface area contributed by atoms with Crippen molar-refractivity contribution in [3.8, 4) is 0 Å². The smallest absolute Gasteiger partial charge is 0.302 e. The van der Waals surface area contributed by atoms with E-state index in [-0.39, 0.29) is 45.1 Å². The zero-order valence-electron chi connectivity index (χ0n) is 30.6. The summed E-state index contributed by atoms with van der Waals surface area (Å²) in [7, 11) is 0. The number of fused-ring (bicyclic) bond motifs is 10. The van der Waals surface area contributed by atoms with Gasteiger partial charge in [-0.25, -0.2) is 0 Å². The highest BCUT2D eigenvalue weighted by molar-refractivity contribution is 5.66. The van der Waals surface area contributed by atoms with E-state index in [9.17, 15) is 9.59 Å². The first-order valence-corrected chi connectivity index (χ1v) is 19.4. The Balaban J connectivity index is 1.20. The van der Waals surface area contributed by atoms with Gasteiger partial charge in [-0.3, -0.25) is 9.59 Å². The number of rotatable bonds is 6. The van der Waals surface area contributed by atoms with Crippen LogP contribution in [0.15, 0.2) is 12.2 Å². The second-order valence-electron chi connectivity index (χ2n) is 19.5. The second-order valence-corrected chi connectivity index (χ2v) is 19.5. The largest absolute Gasteiger partial charge is 0.465 e. The highest BCUT2D eigenvalue weighted by Gasteiger charge is 2.71. The predicted octanol–water partition coefficient (Wildman–Crippen LogP) is 8.75. The fraction of sp³-hybridized carbons (Fsp3) is 0.902. The minimum Gasteiger partial charge on any atom is -0.465 e. The van der Waals surface area contributed by atoms with Crippen LogP contribution in [0.5, 0.6) is 0 Å². The maximum absolute atomic E-state index is 12.3. The molecule has 5 saturated carbocycles. The fourth-order valence-electron chi connectivity index (χ4n) is 15.0. The Morgan fingerprint density at radius 3 is 2.09 bits per heavy atom. The van der Waals surface area contributed by atoms with Gasteiger partial charge < -0.3 is 14.0 Å². The summed E-state index contributed by atoms with van der Waals surface area (Å²) in [6, 6.07) is 0. The van der Waals surface area contributed by atoms with E-state index in [2.05, 4.69) is 34.6 Å². The molecule has 0 radical (unpaired) electrons. The van der Waals surface area contributed by atoms with Crippen molar-refractivity contribution in [3.63, 3.8) is 0 Å². The summed E-state index contributed by atoms with van der Waals surface area (Å²) in [5.74, 6) is 3.77. The standard InChI is InChI=1S/C41H66NO4/c1-27(25-42-22-14-30(15-23-42)16-24-42)31-11-19-41(26-45-28(2)43)21-20-39(7)32(36(31)41)9-10-34-38(6)17-13-35(46-29(3)44)37(4,5)33(38)12-18-40(34,39)8/h30-36H,1,9-26H2,2-8H3/q+1/t30?,31?,32?,33?,34?,35-,36?,38-,39+,40+,41+,42?/m0/s1. The molecule has 5 nitrogen and oxygen atoms in total. The van der Waals surface area contributed by atoms with Crippen LogP contribution in [0.25, 0.3) is 0 Å². The molecule has 5 aliphatic carbocycles. The Morgan fingerprint density at radius 2 is 1.43 bits per heavy atom. The molecular formula is C41H66NO4+. The van der Waals surface area contributed by atoms with Crippen molar-refractivity contribution < 1.29 is 23.5 Å². The molecule has 3 aliphatic heterocycles. The van der Waals surface area contributed by atoms with E-state index in [1.54, 1.807) is 13.8 Å². The van der Waals surface area contributed by atoms with Crippen molar-refractivity contribution in [3.05, 3.63) is 12.2 Å². The molecule has 5 heteroatoms. The lowest BCUT2D eigenvalue weighted by Crippen LogP contribution is -2.67. The van der Waals surface area contributed by atoms with E-state index in [0.29, 0.717) is 36.2 Å². The van der Waals surface area contributed by atoms with E-state index < -0.39 is 0 Å². The quantitative estimate of drug-likeness (QED) is 0.166. The molecule has 0 amide bonds. The van der Waals surface area contributed by atoms with Crippen molar-refractivity contribution in [1.29, 1.82) is 0 Å². The van der Waals surface area contributed by atoms with Gasteiger partial charge in [-0.2, -0.15) is 0 Å². The fourth-order valence-corrected chi connectivity index (χ4v) is 15.0. The molecule has 5 unspecified atom stereocenters. The van der Waals surface area contributed by atoms with E-state index in [4.69, 9.17) is 16.1 Å². The van der Waals surface area contributed by atoms with Crippen LogP contribution in [0.1, 0.15) is 132 Å². The van der Waals surface area contributed by atoms with E-state index >= 15 is 0 Å². The first-order chi connectivity index (χ1) is 21.6. The molecule has 0 spiro atoms. The Kier molecular flexibility index (Phi) is 7.98. The van der Waals surface area contributed by atoms with Crippen LogP contribution in [0.4, 0.5) is 0 Å². The molecule has 0 aromatic heterocycles. The number of quaternary nitrogens is 1. The number of hydrogen-bond donors (Lipinski definition) is 0. The molecule has 0 N–H and O–H groups in total. The van der Waals surface area contributed by atoms with Crippen LogP contribution in [0.3, 0.4) is 0 Å². The van der Waals surface area contributed by atoms with Gasteiger partial charge in [-0.15, -0.1) is 0 Å². The van der Waals surface area contributed by atoms with Crippen LogP contribution < -0.4 is 0 Å². The summed E-state index contributed by atoms with van der Waals surface area (Å²) < 4.78 is 13.3. The summed E-state index contributed by atoms with van der Waals surface area (Å²) in [4.78, 5) is 24.3. The van der Waals surface area contributed by atoms with Gasteiger partial charge >= 0.3 is 11.9 Å². The lowest BCUT2D eigenvalue weighted by atomic mass is 9.32. The molecule has 2 bridgehead atoms. The van der Waals surface area contributed by atoms with Crippen LogP contribution in [0, 0.1) is 62.6 Å². The molecule has 8 aliphatic rings. The molecule has 0 aromatic carbocycles. The number of piperidine rings is 3. The number of carbonyl (C=O) groups is 2. The number of nitrogens with zero attached hydrogens (tertiary/aromatic N) is 1.